The summed E-state index contributed by atoms with van der Waals surface area (Å²) >= 11 is 3.70. The first kappa shape index (κ1) is 16.5. The normalized spacial score (nSPS) is 12.3. The molecule has 0 fully saturated rings. The Hall–Kier alpha value is -2.39. The van der Waals surface area contributed by atoms with E-state index in [0.29, 0.717) is 22.0 Å². The van der Waals surface area contributed by atoms with E-state index >= 15 is 0 Å². The van der Waals surface area contributed by atoms with Crippen LogP contribution in [0, 0.1) is 20.8 Å². The van der Waals surface area contributed by atoms with Crippen LogP contribution < -0.4 is 9.94 Å². The Kier molecular flexibility index (Phi) is 4.29. The second kappa shape index (κ2) is 6.25. The molecular formula is C14H12ClN3O5S. The Morgan fingerprint density at radius 1 is 1.21 bits per heavy atom. The van der Waals surface area contributed by atoms with Gasteiger partial charge >= 0.3 is 17.0 Å². The van der Waals surface area contributed by atoms with Crippen LogP contribution in [0.1, 0.15) is 17.0 Å². The van der Waals surface area contributed by atoms with Crippen molar-refractivity contribution in [3.05, 3.63) is 50.8 Å². The molecule has 10 heteroatoms. The summed E-state index contributed by atoms with van der Waals surface area (Å²) < 4.78 is 28.2. The Morgan fingerprint density at radius 2 is 1.96 bits per heavy atom. The summed E-state index contributed by atoms with van der Waals surface area (Å²) in [6, 6.07) is 4.97. The molecule has 0 spiro atoms. The fourth-order valence-electron chi connectivity index (χ4n) is 2.11. The molecule has 0 saturated heterocycles. The molecule has 0 aliphatic carbocycles. The zero-order chi connectivity index (χ0) is 17.4. The van der Waals surface area contributed by atoms with E-state index in [-0.39, 0.29) is 11.6 Å². The molecule has 0 saturated carbocycles. The van der Waals surface area contributed by atoms with Gasteiger partial charge in [-0.25, -0.2) is 4.79 Å². The standard InChI is InChI=1S/C14H12ClN3O5S/c1-7-6-10(15)4-5-11(7)13-17-22-14(19)18(13)24(20)23-12-8(2)16-21-9(12)3/h4-6H,1-3H3. The van der Waals surface area contributed by atoms with Crippen molar-refractivity contribution in [3.63, 3.8) is 0 Å². The van der Waals surface area contributed by atoms with Crippen LogP contribution >= 0.6 is 11.6 Å². The highest BCUT2D eigenvalue weighted by Gasteiger charge is 2.23. The van der Waals surface area contributed by atoms with Gasteiger partial charge in [0.1, 0.15) is 5.69 Å². The first-order valence-corrected chi connectivity index (χ1v) is 8.18. The zero-order valence-corrected chi connectivity index (χ0v) is 14.5. The summed E-state index contributed by atoms with van der Waals surface area (Å²) in [6.07, 6.45) is 0. The summed E-state index contributed by atoms with van der Waals surface area (Å²) in [5, 5.41) is 7.92. The number of hydrogen-bond donors (Lipinski definition) is 0. The molecule has 8 nitrogen and oxygen atoms in total. The summed E-state index contributed by atoms with van der Waals surface area (Å²) in [6.45, 7) is 5.01. The van der Waals surface area contributed by atoms with Gasteiger partial charge in [-0.2, -0.15) is 4.21 Å². The lowest BCUT2D eigenvalue weighted by molar-refractivity contribution is 0.383. The molecule has 2 aromatic heterocycles. The van der Waals surface area contributed by atoms with Crippen LogP contribution in [0.2, 0.25) is 5.02 Å². The van der Waals surface area contributed by atoms with Crippen LogP contribution in [-0.2, 0) is 11.3 Å². The summed E-state index contributed by atoms with van der Waals surface area (Å²) in [7, 11) is 0. The lowest BCUT2D eigenvalue weighted by Crippen LogP contribution is -2.23. The predicted molar refractivity (Wildman–Crippen MR) is 86.1 cm³/mol. The van der Waals surface area contributed by atoms with Gasteiger partial charge in [-0.3, -0.25) is 4.52 Å². The van der Waals surface area contributed by atoms with Gasteiger partial charge in [-0.1, -0.05) is 21.9 Å². The summed E-state index contributed by atoms with van der Waals surface area (Å²) in [5.41, 5.74) is 1.69. The van der Waals surface area contributed by atoms with Crippen molar-refractivity contribution in [1.29, 1.82) is 0 Å². The van der Waals surface area contributed by atoms with Gasteiger partial charge in [-0.15, -0.1) is 3.97 Å². The van der Waals surface area contributed by atoms with Crippen LogP contribution in [0.4, 0.5) is 0 Å². The van der Waals surface area contributed by atoms with Crippen molar-refractivity contribution in [2.75, 3.05) is 0 Å². The monoisotopic (exact) mass is 369 g/mol. The van der Waals surface area contributed by atoms with Crippen LogP contribution in [0.25, 0.3) is 11.4 Å². The number of aryl methyl sites for hydroxylation is 3. The van der Waals surface area contributed by atoms with Crippen molar-refractivity contribution in [3.8, 4) is 17.1 Å². The Morgan fingerprint density at radius 3 is 2.58 bits per heavy atom. The van der Waals surface area contributed by atoms with Crippen LogP contribution in [0.5, 0.6) is 5.75 Å². The SMILES string of the molecule is Cc1cc(Cl)ccc1-c1noc(=O)n1S(=O)Oc1c(C)noc1C. The molecule has 126 valence electrons. The van der Waals surface area contributed by atoms with Crippen molar-refractivity contribution >= 4 is 22.9 Å². The molecule has 24 heavy (non-hydrogen) atoms. The highest BCUT2D eigenvalue weighted by atomic mass is 35.5. The maximum Gasteiger partial charge on any atom is 0.456 e. The number of nitrogens with zero attached hydrogens (tertiary/aromatic N) is 3. The maximum absolute atomic E-state index is 12.5. The van der Waals surface area contributed by atoms with E-state index in [2.05, 4.69) is 14.8 Å². The lowest BCUT2D eigenvalue weighted by atomic mass is 10.1. The van der Waals surface area contributed by atoms with Gasteiger partial charge in [0.05, 0.1) is 0 Å². The molecular weight excluding hydrogens is 358 g/mol. The highest BCUT2D eigenvalue weighted by molar-refractivity contribution is 7.79. The second-order valence-corrected chi connectivity index (χ2v) is 6.38. The minimum atomic E-state index is -2.22. The fraction of sp³-hybridized carbons (Fsp3) is 0.214. The van der Waals surface area contributed by atoms with E-state index in [1.807, 2.05) is 0 Å². The molecule has 0 amide bonds. The Balaban J connectivity index is 2.04. The van der Waals surface area contributed by atoms with Crippen LogP contribution in [0.3, 0.4) is 0 Å². The van der Waals surface area contributed by atoms with E-state index in [0.717, 1.165) is 9.54 Å². The zero-order valence-electron chi connectivity index (χ0n) is 12.9. The molecule has 0 bridgehead atoms. The topological polar surface area (TPSA) is 100 Å². The number of rotatable bonds is 4. The first-order chi connectivity index (χ1) is 11.4. The van der Waals surface area contributed by atoms with Gasteiger partial charge in [0.15, 0.2) is 5.76 Å². The van der Waals surface area contributed by atoms with E-state index in [1.165, 1.54) is 0 Å². The van der Waals surface area contributed by atoms with Crippen molar-refractivity contribution in [2.45, 2.75) is 20.8 Å². The number of hydrogen-bond acceptors (Lipinski definition) is 7. The maximum atomic E-state index is 12.5. The van der Waals surface area contributed by atoms with Gasteiger partial charge < -0.3 is 8.71 Å². The molecule has 1 aromatic carbocycles. The predicted octanol–water partition coefficient (Wildman–Crippen LogP) is 2.58. The number of halogens is 1. The third-order valence-corrected chi connectivity index (χ3v) is 4.43. The fourth-order valence-corrected chi connectivity index (χ4v) is 3.22. The van der Waals surface area contributed by atoms with E-state index in [4.69, 9.17) is 20.3 Å². The van der Waals surface area contributed by atoms with Crippen molar-refractivity contribution < 1.29 is 17.4 Å². The Labute approximate surface area is 143 Å². The second-order valence-electron chi connectivity index (χ2n) is 4.98. The molecule has 3 aromatic rings. The molecule has 2 heterocycles. The average Bonchev–Trinajstić information content (AvgIpc) is 3.04. The third kappa shape index (κ3) is 2.87. The van der Waals surface area contributed by atoms with Gasteiger partial charge in [0.25, 0.3) is 0 Å². The average molecular weight is 370 g/mol. The third-order valence-electron chi connectivity index (χ3n) is 3.27. The quantitative estimate of drug-likeness (QED) is 0.696. The number of benzene rings is 1. The molecule has 3 rings (SSSR count). The van der Waals surface area contributed by atoms with E-state index in [9.17, 15) is 9.00 Å². The summed E-state index contributed by atoms with van der Waals surface area (Å²) in [5.74, 6) is -0.307. The highest BCUT2D eigenvalue weighted by Crippen LogP contribution is 2.26. The molecule has 0 radical (unpaired) electrons. The smallest absolute Gasteiger partial charge is 0.379 e. The van der Waals surface area contributed by atoms with Crippen molar-refractivity contribution in [1.82, 2.24) is 14.3 Å². The van der Waals surface area contributed by atoms with Gasteiger partial charge in [0.2, 0.25) is 11.6 Å². The molecule has 0 aliphatic heterocycles. The van der Waals surface area contributed by atoms with Crippen LogP contribution in [0.15, 0.2) is 32.0 Å². The van der Waals surface area contributed by atoms with Crippen molar-refractivity contribution in [2.24, 2.45) is 0 Å². The minimum Gasteiger partial charge on any atom is -0.379 e. The molecule has 0 aliphatic rings. The Bertz CT molecular complexity index is 971. The van der Waals surface area contributed by atoms with Gasteiger partial charge in [-0.05, 0) is 37.6 Å². The van der Waals surface area contributed by atoms with Gasteiger partial charge in [0, 0.05) is 17.5 Å². The molecule has 1 atom stereocenters. The van der Waals surface area contributed by atoms with Crippen LogP contribution in [-0.4, -0.2) is 18.5 Å². The first-order valence-electron chi connectivity index (χ1n) is 6.77. The number of aromatic nitrogens is 3. The van der Waals surface area contributed by atoms with E-state index < -0.39 is 17.0 Å². The summed E-state index contributed by atoms with van der Waals surface area (Å²) in [4.78, 5) is 11.9. The largest absolute Gasteiger partial charge is 0.456 e. The van der Waals surface area contributed by atoms with E-state index in [1.54, 1.807) is 39.0 Å². The lowest BCUT2D eigenvalue weighted by Gasteiger charge is -2.07. The molecule has 0 N–H and O–H groups in total. The molecule has 1 unspecified atom stereocenters. The minimum absolute atomic E-state index is 0.0688.